The minimum Gasteiger partial charge on any atom is -0.508 e. The highest BCUT2D eigenvalue weighted by molar-refractivity contribution is 9.10. The van der Waals surface area contributed by atoms with Gasteiger partial charge in [-0.25, -0.2) is 5.43 Å². The number of nitrogens with zero attached hydrogens (tertiary/aromatic N) is 2. The van der Waals surface area contributed by atoms with Crippen LogP contribution in [0.2, 0.25) is 0 Å². The van der Waals surface area contributed by atoms with Crippen LogP contribution in [0.5, 0.6) is 11.5 Å². The van der Waals surface area contributed by atoms with Gasteiger partial charge in [0.15, 0.2) is 0 Å². The number of aromatic hydroxyl groups is 2. The van der Waals surface area contributed by atoms with E-state index < -0.39 is 22.3 Å². The van der Waals surface area contributed by atoms with Crippen LogP contribution in [-0.2, 0) is 0 Å². The van der Waals surface area contributed by atoms with Gasteiger partial charge in [0.1, 0.15) is 5.75 Å². The molecule has 0 heterocycles. The SMILES string of the molecule is O=C(N/N=C/c1cc(Br)cc([N+](=O)[O-])c1O)c1cccc(O)c1. The van der Waals surface area contributed by atoms with Gasteiger partial charge < -0.3 is 10.2 Å². The topological polar surface area (TPSA) is 125 Å². The lowest BCUT2D eigenvalue weighted by molar-refractivity contribution is -0.385. The summed E-state index contributed by atoms with van der Waals surface area (Å²) < 4.78 is 0.378. The second-order valence-corrected chi connectivity index (χ2v) is 5.28. The van der Waals surface area contributed by atoms with Gasteiger partial charge in [-0.3, -0.25) is 14.9 Å². The Morgan fingerprint density at radius 3 is 2.70 bits per heavy atom. The second kappa shape index (κ2) is 6.88. The summed E-state index contributed by atoms with van der Waals surface area (Å²) in [6.45, 7) is 0. The number of hydrazone groups is 1. The van der Waals surface area contributed by atoms with Gasteiger partial charge in [-0.1, -0.05) is 22.0 Å². The molecule has 0 atom stereocenters. The van der Waals surface area contributed by atoms with Crippen LogP contribution in [0.3, 0.4) is 0 Å². The zero-order valence-electron chi connectivity index (χ0n) is 11.4. The molecule has 0 fully saturated rings. The van der Waals surface area contributed by atoms with Crippen LogP contribution < -0.4 is 5.43 Å². The molecule has 0 aromatic heterocycles. The summed E-state index contributed by atoms with van der Waals surface area (Å²) in [4.78, 5) is 21.9. The summed E-state index contributed by atoms with van der Waals surface area (Å²) >= 11 is 3.09. The normalized spacial score (nSPS) is 10.7. The quantitative estimate of drug-likeness (QED) is 0.427. The number of hydrogen-bond donors (Lipinski definition) is 3. The average molecular weight is 380 g/mol. The van der Waals surface area contributed by atoms with Crippen molar-refractivity contribution in [2.24, 2.45) is 5.10 Å². The fourth-order valence-electron chi connectivity index (χ4n) is 1.72. The number of amides is 1. The van der Waals surface area contributed by atoms with E-state index in [1.165, 1.54) is 30.3 Å². The van der Waals surface area contributed by atoms with E-state index in [-0.39, 0.29) is 16.9 Å². The molecule has 2 rings (SSSR count). The van der Waals surface area contributed by atoms with Crippen LogP contribution in [0.4, 0.5) is 5.69 Å². The number of nitro groups is 1. The lowest BCUT2D eigenvalue weighted by atomic mass is 10.2. The van der Waals surface area contributed by atoms with Crippen molar-refractivity contribution in [2.45, 2.75) is 0 Å². The van der Waals surface area contributed by atoms with Gasteiger partial charge in [-0.15, -0.1) is 0 Å². The van der Waals surface area contributed by atoms with Gasteiger partial charge in [-0.2, -0.15) is 5.10 Å². The first-order valence-electron chi connectivity index (χ1n) is 6.18. The third-order valence-corrected chi connectivity index (χ3v) is 3.22. The molecule has 3 N–H and O–H groups in total. The van der Waals surface area contributed by atoms with Crippen molar-refractivity contribution in [1.82, 2.24) is 5.43 Å². The van der Waals surface area contributed by atoms with Crippen LogP contribution >= 0.6 is 15.9 Å². The molecule has 0 saturated carbocycles. The summed E-state index contributed by atoms with van der Waals surface area (Å²) in [5, 5.41) is 33.5. The van der Waals surface area contributed by atoms with Crippen LogP contribution in [0, 0.1) is 10.1 Å². The summed E-state index contributed by atoms with van der Waals surface area (Å²) in [5.41, 5.74) is 1.95. The fraction of sp³-hybridized carbons (Fsp3) is 0. The van der Waals surface area contributed by atoms with Gasteiger partial charge in [0.2, 0.25) is 5.75 Å². The first-order valence-corrected chi connectivity index (χ1v) is 6.97. The van der Waals surface area contributed by atoms with Crippen LogP contribution in [-0.4, -0.2) is 27.3 Å². The molecule has 0 saturated heterocycles. The third kappa shape index (κ3) is 4.04. The van der Waals surface area contributed by atoms with Crippen molar-refractivity contribution in [1.29, 1.82) is 0 Å². The Balaban J connectivity index is 2.18. The standard InChI is InChI=1S/C14H10BrN3O5/c15-10-4-9(13(20)12(6-10)18(22)23)7-16-17-14(21)8-2-1-3-11(19)5-8/h1-7,19-20H,(H,17,21)/b16-7+. The molecule has 0 radical (unpaired) electrons. The van der Waals surface area contributed by atoms with E-state index in [1.54, 1.807) is 0 Å². The Hall–Kier alpha value is -2.94. The van der Waals surface area contributed by atoms with E-state index in [0.717, 1.165) is 12.3 Å². The maximum absolute atomic E-state index is 11.8. The molecule has 2 aromatic rings. The number of phenols is 2. The van der Waals surface area contributed by atoms with Crippen molar-refractivity contribution >= 4 is 33.7 Å². The first-order chi connectivity index (χ1) is 10.9. The molecule has 23 heavy (non-hydrogen) atoms. The van der Waals surface area contributed by atoms with Gasteiger partial charge in [-0.05, 0) is 24.3 Å². The van der Waals surface area contributed by atoms with Crippen molar-refractivity contribution in [3.8, 4) is 11.5 Å². The average Bonchev–Trinajstić information content (AvgIpc) is 2.49. The van der Waals surface area contributed by atoms with Crippen LogP contribution in [0.25, 0.3) is 0 Å². The minimum atomic E-state index is -0.733. The van der Waals surface area contributed by atoms with E-state index in [2.05, 4.69) is 26.5 Å². The molecule has 2 aromatic carbocycles. The second-order valence-electron chi connectivity index (χ2n) is 4.37. The monoisotopic (exact) mass is 379 g/mol. The summed E-state index contributed by atoms with van der Waals surface area (Å²) in [6, 6.07) is 8.21. The Morgan fingerprint density at radius 2 is 2.04 bits per heavy atom. The minimum absolute atomic E-state index is 0.0577. The summed E-state index contributed by atoms with van der Waals surface area (Å²) in [5.74, 6) is -1.21. The van der Waals surface area contributed by atoms with E-state index in [4.69, 9.17) is 0 Å². The molecule has 0 bridgehead atoms. The maximum Gasteiger partial charge on any atom is 0.312 e. The van der Waals surface area contributed by atoms with Crippen molar-refractivity contribution < 1.29 is 19.9 Å². The van der Waals surface area contributed by atoms with Gasteiger partial charge in [0.05, 0.1) is 11.1 Å². The van der Waals surface area contributed by atoms with Crippen molar-refractivity contribution in [2.75, 3.05) is 0 Å². The Kier molecular flexibility index (Phi) is 4.91. The lowest BCUT2D eigenvalue weighted by Gasteiger charge is -2.02. The van der Waals surface area contributed by atoms with Crippen molar-refractivity contribution in [3.63, 3.8) is 0 Å². The zero-order chi connectivity index (χ0) is 17.0. The number of carbonyl (C=O) groups is 1. The Bertz CT molecular complexity index is 807. The number of nitro benzene ring substituents is 1. The molecule has 8 nitrogen and oxygen atoms in total. The number of phenolic OH excluding ortho intramolecular Hbond substituents is 2. The van der Waals surface area contributed by atoms with Crippen LogP contribution in [0.15, 0.2) is 46.0 Å². The number of benzene rings is 2. The molecular formula is C14H10BrN3O5. The molecule has 9 heteroatoms. The molecule has 0 aliphatic carbocycles. The van der Waals surface area contributed by atoms with E-state index in [0.29, 0.717) is 4.47 Å². The molecule has 118 valence electrons. The van der Waals surface area contributed by atoms with E-state index >= 15 is 0 Å². The molecule has 0 aliphatic heterocycles. The first kappa shape index (κ1) is 16.4. The van der Waals surface area contributed by atoms with Gasteiger partial charge in [0, 0.05) is 21.7 Å². The number of carbonyl (C=O) groups excluding carboxylic acids is 1. The summed E-state index contributed by atoms with van der Waals surface area (Å²) in [7, 11) is 0. The number of hydrogen-bond acceptors (Lipinski definition) is 6. The Morgan fingerprint density at radius 1 is 1.30 bits per heavy atom. The lowest BCUT2D eigenvalue weighted by Crippen LogP contribution is -2.17. The highest BCUT2D eigenvalue weighted by Crippen LogP contribution is 2.32. The molecule has 0 aliphatic rings. The maximum atomic E-state index is 11.8. The molecular weight excluding hydrogens is 370 g/mol. The number of halogens is 1. The zero-order valence-corrected chi connectivity index (χ0v) is 13.0. The van der Waals surface area contributed by atoms with Gasteiger partial charge in [0.25, 0.3) is 5.91 Å². The fourth-order valence-corrected chi connectivity index (χ4v) is 2.18. The van der Waals surface area contributed by atoms with E-state index in [1.807, 2.05) is 0 Å². The largest absolute Gasteiger partial charge is 0.508 e. The third-order valence-electron chi connectivity index (χ3n) is 2.76. The number of rotatable bonds is 4. The smallest absolute Gasteiger partial charge is 0.312 e. The predicted molar refractivity (Wildman–Crippen MR) is 85.6 cm³/mol. The molecule has 1 amide bonds. The highest BCUT2D eigenvalue weighted by Gasteiger charge is 2.17. The highest BCUT2D eigenvalue weighted by atomic mass is 79.9. The van der Waals surface area contributed by atoms with Crippen LogP contribution in [0.1, 0.15) is 15.9 Å². The predicted octanol–water partition coefficient (Wildman–Crippen LogP) is 2.53. The van der Waals surface area contributed by atoms with E-state index in [9.17, 15) is 25.1 Å². The van der Waals surface area contributed by atoms with Gasteiger partial charge >= 0.3 is 5.69 Å². The molecule has 0 unspecified atom stereocenters. The summed E-state index contributed by atoms with van der Waals surface area (Å²) in [6.07, 6.45) is 1.08. The number of nitrogens with one attached hydrogen (secondary N) is 1. The van der Waals surface area contributed by atoms with Crippen molar-refractivity contribution in [3.05, 3.63) is 62.1 Å². The molecule has 0 spiro atoms. The Labute approximate surface area is 138 Å².